The van der Waals surface area contributed by atoms with E-state index in [1.807, 2.05) is 29.2 Å². The van der Waals surface area contributed by atoms with Crippen LogP contribution in [0.1, 0.15) is 24.0 Å². The summed E-state index contributed by atoms with van der Waals surface area (Å²) < 4.78 is 5.34. The molecule has 4 rings (SSSR count). The molecule has 0 radical (unpaired) electrons. The van der Waals surface area contributed by atoms with Crippen LogP contribution in [-0.2, 0) is 11.2 Å². The number of carbonyl (C=O) groups excluding carboxylic acids is 1. The summed E-state index contributed by atoms with van der Waals surface area (Å²) >= 11 is 0. The Hall–Kier alpha value is -4.19. The highest BCUT2D eigenvalue weighted by atomic mass is 16.6. The Labute approximate surface area is 190 Å². The predicted octanol–water partition coefficient (Wildman–Crippen LogP) is 3.67. The molecule has 1 saturated heterocycles. The van der Waals surface area contributed by atoms with E-state index in [9.17, 15) is 20.2 Å². The molecule has 9 heteroatoms. The van der Waals surface area contributed by atoms with Crippen molar-refractivity contribution in [3.05, 3.63) is 69.8 Å². The van der Waals surface area contributed by atoms with Gasteiger partial charge >= 0.3 is 0 Å². The lowest BCUT2D eigenvalue weighted by Crippen LogP contribution is -2.43. The number of pyridine rings is 1. The zero-order chi connectivity index (χ0) is 23.4. The first-order valence-electron chi connectivity index (χ1n) is 10.6. The lowest BCUT2D eigenvalue weighted by molar-refractivity contribution is -0.384. The van der Waals surface area contributed by atoms with Gasteiger partial charge in [0.25, 0.3) is 5.69 Å². The highest BCUT2D eigenvalue weighted by molar-refractivity contribution is 5.88. The standard InChI is InChI=1S/C24H23N5O4/c1-33-22-5-3-2-4-16(22)13-24(30)28-10-8-18(9-11-28)26-23-12-17(15-25)20-14-19(29(31)32)6-7-21(20)27-23/h2-7,12,14,18H,8-11,13H2,1H3,(H,26,27). The molecule has 1 aromatic heterocycles. The summed E-state index contributed by atoms with van der Waals surface area (Å²) in [6.45, 7) is 1.24. The number of hydrogen-bond donors (Lipinski definition) is 1. The van der Waals surface area contributed by atoms with Crippen molar-refractivity contribution in [2.75, 3.05) is 25.5 Å². The number of nitro groups is 1. The number of nitro benzene ring substituents is 1. The van der Waals surface area contributed by atoms with Crippen LogP contribution in [0.25, 0.3) is 10.9 Å². The monoisotopic (exact) mass is 445 g/mol. The van der Waals surface area contributed by atoms with Crippen LogP contribution in [0.4, 0.5) is 11.5 Å². The van der Waals surface area contributed by atoms with Crippen LogP contribution in [0.3, 0.4) is 0 Å². The number of likely N-dealkylation sites (tertiary alicyclic amines) is 1. The Bertz CT molecular complexity index is 1250. The van der Waals surface area contributed by atoms with Gasteiger partial charge in [-0.25, -0.2) is 4.98 Å². The second kappa shape index (κ2) is 9.53. The van der Waals surface area contributed by atoms with Crippen LogP contribution in [0.5, 0.6) is 5.75 Å². The van der Waals surface area contributed by atoms with Crippen LogP contribution in [0.15, 0.2) is 48.5 Å². The number of piperidine rings is 1. The number of ether oxygens (including phenoxy) is 1. The summed E-state index contributed by atoms with van der Waals surface area (Å²) in [5.74, 6) is 1.32. The maximum Gasteiger partial charge on any atom is 0.270 e. The quantitative estimate of drug-likeness (QED) is 0.454. The summed E-state index contributed by atoms with van der Waals surface area (Å²) in [5.41, 5.74) is 1.64. The first-order valence-corrected chi connectivity index (χ1v) is 10.6. The first kappa shape index (κ1) is 22.0. The second-order valence-corrected chi connectivity index (χ2v) is 7.91. The summed E-state index contributed by atoms with van der Waals surface area (Å²) in [6.07, 6.45) is 1.80. The summed E-state index contributed by atoms with van der Waals surface area (Å²) in [6, 6.07) is 15.7. The number of nitriles is 1. The molecule has 3 aromatic rings. The van der Waals surface area contributed by atoms with Gasteiger partial charge in [-0.3, -0.25) is 14.9 Å². The van der Waals surface area contributed by atoms with Crippen molar-refractivity contribution in [1.29, 1.82) is 5.26 Å². The molecule has 1 amide bonds. The Morgan fingerprint density at radius 1 is 1.27 bits per heavy atom. The number of rotatable bonds is 6. The minimum atomic E-state index is -0.490. The molecule has 2 aromatic carbocycles. The van der Waals surface area contributed by atoms with Gasteiger partial charge in [-0.2, -0.15) is 5.26 Å². The van der Waals surface area contributed by atoms with Crippen LogP contribution < -0.4 is 10.1 Å². The fourth-order valence-corrected chi connectivity index (χ4v) is 4.10. The fraction of sp³-hybridized carbons (Fsp3) is 0.292. The average Bonchev–Trinajstić information content (AvgIpc) is 2.83. The Kier molecular flexibility index (Phi) is 6.36. The van der Waals surface area contributed by atoms with E-state index in [1.54, 1.807) is 19.2 Å². The van der Waals surface area contributed by atoms with Gasteiger partial charge in [-0.1, -0.05) is 18.2 Å². The number of para-hydroxylation sites is 1. The SMILES string of the molecule is COc1ccccc1CC(=O)N1CCC(Nc2cc(C#N)c3cc([N+](=O)[O-])ccc3n2)CC1. The van der Waals surface area contributed by atoms with Gasteiger partial charge in [0.05, 0.1) is 35.6 Å². The molecule has 0 bridgehead atoms. The largest absolute Gasteiger partial charge is 0.496 e. The van der Waals surface area contributed by atoms with E-state index >= 15 is 0 Å². The fourth-order valence-electron chi connectivity index (χ4n) is 4.10. The van der Waals surface area contributed by atoms with Crippen molar-refractivity contribution in [1.82, 2.24) is 9.88 Å². The third-order valence-electron chi connectivity index (χ3n) is 5.86. The van der Waals surface area contributed by atoms with Gasteiger partial charge in [0.1, 0.15) is 11.6 Å². The highest BCUT2D eigenvalue weighted by Gasteiger charge is 2.24. The molecule has 0 spiro atoms. The number of nitrogens with zero attached hydrogens (tertiary/aromatic N) is 4. The van der Waals surface area contributed by atoms with E-state index in [0.29, 0.717) is 47.5 Å². The van der Waals surface area contributed by atoms with Gasteiger partial charge in [0, 0.05) is 42.2 Å². The third kappa shape index (κ3) is 4.85. The van der Waals surface area contributed by atoms with E-state index in [1.165, 1.54) is 12.1 Å². The van der Waals surface area contributed by atoms with Crippen LogP contribution >= 0.6 is 0 Å². The average molecular weight is 445 g/mol. The molecule has 0 unspecified atom stereocenters. The molecule has 1 aliphatic heterocycles. The topological polar surface area (TPSA) is 121 Å². The molecule has 33 heavy (non-hydrogen) atoms. The minimum absolute atomic E-state index is 0.0649. The molecular formula is C24H23N5O4. The Morgan fingerprint density at radius 3 is 2.73 bits per heavy atom. The summed E-state index contributed by atoms with van der Waals surface area (Å²) in [7, 11) is 1.60. The Morgan fingerprint density at radius 2 is 2.03 bits per heavy atom. The summed E-state index contributed by atoms with van der Waals surface area (Å²) in [5, 5.41) is 24.4. The number of methoxy groups -OCH3 is 1. The number of fused-ring (bicyclic) bond motifs is 1. The normalized spacial score (nSPS) is 14.0. The van der Waals surface area contributed by atoms with Crippen molar-refractivity contribution < 1.29 is 14.5 Å². The van der Waals surface area contributed by atoms with E-state index in [-0.39, 0.29) is 17.6 Å². The van der Waals surface area contributed by atoms with E-state index in [0.717, 1.165) is 18.4 Å². The van der Waals surface area contributed by atoms with Gasteiger partial charge in [-0.05, 0) is 31.0 Å². The van der Waals surface area contributed by atoms with E-state index in [2.05, 4.69) is 16.4 Å². The van der Waals surface area contributed by atoms with Gasteiger partial charge < -0.3 is 15.0 Å². The molecule has 0 aliphatic carbocycles. The van der Waals surface area contributed by atoms with Gasteiger partial charge in [-0.15, -0.1) is 0 Å². The number of hydrogen-bond acceptors (Lipinski definition) is 7. The van der Waals surface area contributed by atoms with Crippen molar-refractivity contribution in [2.45, 2.75) is 25.3 Å². The molecular weight excluding hydrogens is 422 g/mol. The first-order chi connectivity index (χ1) is 16.0. The zero-order valence-corrected chi connectivity index (χ0v) is 18.2. The molecule has 1 fully saturated rings. The Balaban J connectivity index is 1.40. The van der Waals surface area contributed by atoms with Crippen LogP contribution in [-0.4, -0.2) is 47.0 Å². The number of amides is 1. The molecule has 2 heterocycles. The lowest BCUT2D eigenvalue weighted by atomic mass is 10.0. The molecule has 0 atom stereocenters. The van der Waals surface area contributed by atoms with E-state index in [4.69, 9.17) is 4.74 Å². The number of anilines is 1. The molecule has 0 saturated carbocycles. The van der Waals surface area contributed by atoms with E-state index < -0.39 is 4.92 Å². The highest BCUT2D eigenvalue weighted by Crippen LogP contribution is 2.26. The molecule has 1 aliphatic rings. The van der Waals surface area contributed by atoms with Gasteiger partial charge in [0.2, 0.25) is 5.91 Å². The molecule has 9 nitrogen and oxygen atoms in total. The second-order valence-electron chi connectivity index (χ2n) is 7.91. The van der Waals surface area contributed by atoms with Gasteiger partial charge in [0.15, 0.2) is 0 Å². The molecule has 1 N–H and O–H groups in total. The number of carbonyl (C=O) groups is 1. The zero-order valence-electron chi connectivity index (χ0n) is 18.2. The lowest BCUT2D eigenvalue weighted by Gasteiger charge is -2.33. The van der Waals surface area contributed by atoms with Crippen LogP contribution in [0.2, 0.25) is 0 Å². The smallest absolute Gasteiger partial charge is 0.270 e. The maximum absolute atomic E-state index is 12.8. The minimum Gasteiger partial charge on any atom is -0.496 e. The number of non-ortho nitro benzene ring substituents is 1. The maximum atomic E-state index is 12.8. The van der Waals surface area contributed by atoms with Crippen molar-refractivity contribution in [3.63, 3.8) is 0 Å². The summed E-state index contributed by atoms with van der Waals surface area (Å²) in [4.78, 5) is 29.7. The van der Waals surface area contributed by atoms with Crippen molar-refractivity contribution in [2.24, 2.45) is 0 Å². The number of nitrogens with one attached hydrogen (secondary N) is 1. The van der Waals surface area contributed by atoms with Crippen molar-refractivity contribution in [3.8, 4) is 11.8 Å². The van der Waals surface area contributed by atoms with Crippen molar-refractivity contribution >= 4 is 28.3 Å². The van der Waals surface area contributed by atoms with Crippen LogP contribution in [0, 0.1) is 21.4 Å². The predicted molar refractivity (Wildman–Crippen MR) is 123 cm³/mol. The number of aromatic nitrogens is 1. The molecule has 168 valence electrons. The third-order valence-corrected chi connectivity index (χ3v) is 5.86. The number of benzene rings is 2.